The normalized spacial score (nSPS) is 19.2. The summed E-state index contributed by atoms with van der Waals surface area (Å²) in [7, 11) is -3.64. The number of nitrogens with zero attached hydrogens (tertiary/aromatic N) is 2. The van der Waals surface area contributed by atoms with Crippen LogP contribution in [0.1, 0.15) is 35.2 Å². The lowest BCUT2D eigenvalue weighted by molar-refractivity contribution is 0.0390. The summed E-state index contributed by atoms with van der Waals surface area (Å²) >= 11 is 0. The van der Waals surface area contributed by atoms with Gasteiger partial charge in [-0.3, -0.25) is 9.69 Å². The molecule has 0 aliphatic carbocycles. The number of ether oxygens (including phenoxy) is 1. The highest BCUT2D eigenvalue weighted by molar-refractivity contribution is 7.89. The zero-order valence-electron chi connectivity index (χ0n) is 15.9. The summed E-state index contributed by atoms with van der Waals surface area (Å²) in [5.74, 6) is -0.0717. The van der Waals surface area contributed by atoms with Crippen LogP contribution in [0.4, 0.5) is 0 Å². The number of piperidine rings is 1. The van der Waals surface area contributed by atoms with E-state index in [2.05, 4.69) is 9.62 Å². The van der Waals surface area contributed by atoms with Crippen molar-refractivity contribution in [1.82, 2.24) is 14.5 Å². The summed E-state index contributed by atoms with van der Waals surface area (Å²) in [5.41, 5.74) is 1.28. The predicted octanol–water partition coefficient (Wildman–Crippen LogP) is 1.23. The molecule has 2 saturated heterocycles. The zero-order chi connectivity index (χ0) is 19.3. The Morgan fingerprint density at radius 1 is 1.11 bits per heavy atom. The molecule has 150 valence electrons. The van der Waals surface area contributed by atoms with E-state index in [1.54, 1.807) is 12.1 Å². The van der Waals surface area contributed by atoms with Crippen molar-refractivity contribution in [3.63, 3.8) is 0 Å². The van der Waals surface area contributed by atoms with Crippen molar-refractivity contribution in [3.8, 4) is 0 Å². The maximum absolute atomic E-state index is 12.8. The lowest BCUT2D eigenvalue weighted by atomic mass is 10.1. The largest absolute Gasteiger partial charge is 0.379 e. The van der Waals surface area contributed by atoms with E-state index in [9.17, 15) is 13.2 Å². The summed E-state index contributed by atoms with van der Waals surface area (Å²) in [5, 5.41) is 0. The van der Waals surface area contributed by atoms with Gasteiger partial charge in [-0.2, -0.15) is 0 Å². The van der Waals surface area contributed by atoms with Crippen LogP contribution >= 0.6 is 0 Å². The summed E-state index contributed by atoms with van der Waals surface area (Å²) in [6.07, 6.45) is 3.15. The summed E-state index contributed by atoms with van der Waals surface area (Å²) in [6, 6.07) is 4.80. The van der Waals surface area contributed by atoms with Crippen LogP contribution in [0.5, 0.6) is 0 Å². The molecule has 0 bridgehead atoms. The predicted molar refractivity (Wildman–Crippen MR) is 103 cm³/mol. The number of hydrogen-bond donors (Lipinski definition) is 1. The fourth-order valence-electron chi connectivity index (χ4n) is 3.51. The number of sulfonamides is 1. The zero-order valence-corrected chi connectivity index (χ0v) is 16.8. The van der Waals surface area contributed by atoms with Crippen LogP contribution in [0.3, 0.4) is 0 Å². The Hall–Kier alpha value is -1.48. The molecular weight excluding hydrogens is 366 g/mol. The average molecular weight is 396 g/mol. The van der Waals surface area contributed by atoms with Gasteiger partial charge in [0, 0.05) is 44.8 Å². The highest BCUT2D eigenvalue weighted by Crippen LogP contribution is 2.19. The molecule has 0 aromatic heterocycles. The first-order chi connectivity index (χ1) is 13.0. The monoisotopic (exact) mass is 395 g/mol. The molecule has 0 radical (unpaired) electrons. The molecule has 0 atom stereocenters. The first-order valence-electron chi connectivity index (χ1n) is 9.67. The van der Waals surface area contributed by atoms with Crippen LogP contribution in [0.2, 0.25) is 0 Å². The molecule has 2 aliphatic heterocycles. The van der Waals surface area contributed by atoms with Gasteiger partial charge in [0.25, 0.3) is 5.91 Å². The third-order valence-corrected chi connectivity index (χ3v) is 6.68. The van der Waals surface area contributed by atoms with E-state index in [0.717, 1.165) is 51.0 Å². The van der Waals surface area contributed by atoms with Gasteiger partial charge in [0.05, 0.1) is 18.1 Å². The molecule has 8 heteroatoms. The number of nitrogens with one attached hydrogen (secondary N) is 1. The number of likely N-dealkylation sites (tertiary alicyclic amines) is 1. The Bertz CT molecular complexity index is 754. The van der Waals surface area contributed by atoms with E-state index >= 15 is 0 Å². The summed E-state index contributed by atoms with van der Waals surface area (Å²) in [4.78, 5) is 17.0. The SMILES string of the molecule is Cc1ccc(S(=O)(=O)NCCN2CCOCC2)cc1C(=O)N1CCCCC1. The summed E-state index contributed by atoms with van der Waals surface area (Å²) < 4.78 is 33.3. The maximum Gasteiger partial charge on any atom is 0.254 e. The second-order valence-corrected chi connectivity index (χ2v) is 8.95. The molecule has 27 heavy (non-hydrogen) atoms. The Kier molecular flexibility index (Phi) is 6.86. The van der Waals surface area contributed by atoms with E-state index in [1.807, 2.05) is 11.8 Å². The fourth-order valence-corrected chi connectivity index (χ4v) is 4.56. The molecule has 1 aromatic rings. The fraction of sp³-hybridized carbons (Fsp3) is 0.632. The molecule has 0 unspecified atom stereocenters. The molecule has 2 fully saturated rings. The third kappa shape index (κ3) is 5.28. The van der Waals surface area contributed by atoms with Gasteiger partial charge in [-0.25, -0.2) is 13.1 Å². The van der Waals surface area contributed by atoms with Crippen LogP contribution in [0.15, 0.2) is 23.1 Å². The van der Waals surface area contributed by atoms with Crippen LogP contribution in [-0.4, -0.2) is 76.6 Å². The molecule has 1 aromatic carbocycles. The van der Waals surface area contributed by atoms with Gasteiger partial charge in [0.2, 0.25) is 10.0 Å². The molecule has 1 amide bonds. The molecule has 2 aliphatic rings. The van der Waals surface area contributed by atoms with Crippen LogP contribution in [-0.2, 0) is 14.8 Å². The molecule has 0 saturated carbocycles. The Morgan fingerprint density at radius 3 is 2.52 bits per heavy atom. The van der Waals surface area contributed by atoms with Gasteiger partial charge in [0.15, 0.2) is 0 Å². The van der Waals surface area contributed by atoms with E-state index in [1.165, 1.54) is 6.07 Å². The molecule has 7 nitrogen and oxygen atoms in total. The topological polar surface area (TPSA) is 79.0 Å². The number of amides is 1. The minimum absolute atomic E-state index is 0.0717. The van der Waals surface area contributed by atoms with Crippen molar-refractivity contribution in [3.05, 3.63) is 29.3 Å². The lowest BCUT2D eigenvalue weighted by Gasteiger charge is -2.27. The van der Waals surface area contributed by atoms with Gasteiger partial charge < -0.3 is 9.64 Å². The van der Waals surface area contributed by atoms with Gasteiger partial charge in [0.1, 0.15) is 0 Å². The number of hydrogen-bond acceptors (Lipinski definition) is 5. The van der Waals surface area contributed by atoms with Crippen molar-refractivity contribution in [1.29, 1.82) is 0 Å². The van der Waals surface area contributed by atoms with Gasteiger partial charge >= 0.3 is 0 Å². The summed E-state index contributed by atoms with van der Waals surface area (Å²) in [6.45, 7) is 7.33. The number of benzene rings is 1. The van der Waals surface area contributed by atoms with Crippen molar-refractivity contribution in [2.45, 2.75) is 31.1 Å². The lowest BCUT2D eigenvalue weighted by Crippen LogP contribution is -2.41. The Labute approximate surface area is 161 Å². The van der Waals surface area contributed by atoms with Crippen molar-refractivity contribution >= 4 is 15.9 Å². The Balaban J connectivity index is 1.66. The van der Waals surface area contributed by atoms with E-state index in [0.29, 0.717) is 31.9 Å². The Morgan fingerprint density at radius 2 is 1.81 bits per heavy atom. The van der Waals surface area contributed by atoms with Gasteiger partial charge in [-0.1, -0.05) is 6.07 Å². The van der Waals surface area contributed by atoms with Crippen LogP contribution in [0, 0.1) is 6.92 Å². The van der Waals surface area contributed by atoms with Crippen LogP contribution in [0.25, 0.3) is 0 Å². The van der Waals surface area contributed by atoms with E-state index in [4.69, 9.17) is 4.74 Å². The maximum atomic E-state index is 12.8. The number of morpholine rings is 1. The second-order valence-electron chi connectivity index (χ2n) is 7.18. The first-order valence-corrected chi connectivity index (χ1v) is 11.2. The van der Waals surface area contributed by atoms with E-state index in [-0.39, 0.29) is 10.8 Å². The molecule has 0 spiro atoms. The van der Waals surface area contributed by atoms with Crippen molar-refractivity contribution in [2.75, 3.05) is 52.5 Å². The standard InChI is InChI=1S/C19H29N3O4S/c1-16-5-6-17(15-18(16)19(23)22-8-3-2-4-9-22)27(24,25)20-7-10-21-11-13-26-14-12-21/h5-6,15,20H,2-4,7-14H2,1H3. The molecule has 1 N–H and O–H groups in total. The number of carbonyl (C=O) groups is 1. The van der Waals surface area contributed by atoms with Crippen molar-refractivity contribution in [2.24, 2.45) is 0 Å². The van der Waals surface area contributed by atoms with Crippen molar-refractivity contribution < 1.29 is 17.9 Å². The molecular formula is C19H29N3O4S. The molecule has 2 heterocycles. The minimum Gasteiger partial charge on any atom is -0.379 e. The number of rotatable bonds is 6. The quantitative estimate of drug-likeness (QED) is 0.784. The average Bonchev–Trinajstić information content (AvgIpc) is 2.69. The molecule has 3 rings (SSSR count). The smallest absolute Gasteiger partial charge is 0.254 e. The van der Waals surface area contributed by atoms with Gasteiger partial charge in [-0.05, 0) is 43.9 Å². The highest BCUT2D eigenvalue weighted by atomic mass is 32.2. The first kappa shape index (κ1) is 20.3. The minimum atomic E-state index is -3.64. The van der Waals surface area contributed by atoms with E-state index < -0.39 is 10.0 Å². The second kappa shape index (κ2) is 9.14. The highest BCUT2D eigenvalue weighted by Gasteiger charge is 2.23. The van der Waals surface area contributed by atoms with Gasteiger partial charge in [-0.15, -0.1) is 0 Å². The van der Waals surface area contributed by atoms with Crippen LogP contribution < -0.4 is 4.72 Å². The number of aryl methyl sites for hydroxylation is 1. The number of carbonyl (C=O) groups excluding carboxylic acids is 1. The third-order valence-electron chi connectivity index (χ3n) is 5.22.